The van der Waals surface area contributed by atoms with E-state index in [0.717, 1.165) is 51.5 Å². The maximum Gasteiger partial charge on any atom is 0.141 e. The molecule has 2 atom stereocenters. The van der Waals surface area contributed by atoms with Crippen LogP contribution in [0.3, 0.4) is 0 Å². The normalized spacial score (nSPS) is 24.8. The number of rotatable bonds is 5. The molecular formula is C21H26N2O3. The standard InChI is InChI=1S/C21H26N2O3/c24-20-9-5-4-8-19(20)21-23(14-17-6-2-1-3-7-17)16-18(26-21)15-22-10-12-25-13-11-22/h1-9,18,21,24H,10-16H2. The van der Waals surface area contributed by atoms with Crippen molar-refractivity contribution in [2.75, 3.05) is 39.4 Å². The maximum absolute atomic E-state index is 10.3. The lowest BCUT2D eigenvalue weighted by atomic mass is 10.1. The van der Waals surface area contributed by atoms with Gasteiger partial charge in [-0.3, -0.25) is 9.80 Å². The first-order valence-corrected chi connectivity index (χ1v) is 9.31. The molecule has 2 aromatic carbocycles. The summed E-state index contributed by atoms with van der Waals surface area (Å²) in [6.45, 7) is 6.07. The Bertz CT molecular complexity index is 703. The topological polar surface area (TPSA) is 45.2 Å². The molecule has 0 saturated carbocycles. The van der Waals surface area contributed by atoms with Gasteiger partial charge in [-0.1, -0.05) is 48.5 Å². The van der Waals surface area contributed by atoms with Gasteiger partial charge in [-0.15, -0.1) is 0 Å². The second-order valence-electron chi connectivity index (χ2n) is 7.00. The summed E-state index contributed by atoms with van der Waals surface area (Å²) in [4.78, 5) is 4.72. The van der Waals surface area contributed by atoms with Crippen molar-refractivity contribution in [3.05, 3.63) is 65.7 Å². The highest BCUT2D eigenvalue weighted by atomic mass is 16.5. The van der Waals surface area contributed by atoms with E-state index in [1.807, 2.05) is 24.3 Å². The van der Waals surface area contributed by atoms with Gasteiger partial charge in [-0.2, -0.15) is 0 Å². The van der Waals surface area contributed by atoms with Crippen molar-refractivity contribution >= 4 is 0 Å². The fourth-order valence-corrected chi connectivity index (χ4v) is 3.77. The number of ether oxygens (including phenoxy) is 2. The van der Waals surface area contributed by atoms with Crippen molar-refractivity contribution in [1.82, 2.24) is 9.80 Å². The fraction of sp³-hybridized carbons (Fsp3) is 0.429. The fourth-order valence-electron chi connectivity index (χ4n) is 3.77. The largest absolute Gasteiger partial charge is 0.508 e. The van der Waals surface area contributed by atoms with Crippen molar-refractivity contribution in [2.24, 2.45) is 0 Å². The highest BCUT2D eigenvalue weighted by Gasteiger charge is 2.36. The summed E-state index contributed by atoms with van der Waals surface area (Å²) in [5.74, 6) is 0.294. The lowest BCUT2D eigenvalue weighted by Crippen LogP contribution is -2.42. The van der Waals surface area contributed by atoms with E-state index in [-0.39, 0.29) is 12.3 Å². The van der Waals surface area contributed by atoms with E-state index in [1.165, 1.54) is 5.56 Å². The molecule has 138 valence electrons. The number of hydrogen-bond donors (Lipinski definition) is 1. The third kappa shape index (κ3) is 4.07. The molecule has 0 bridgehead atoms. The zero-order valence-electron chi connectivity index (χ0n) is 15.0. The van der Waals surface area contributed by atoms with Crippen molar-refractivity contribution in [3.8, 4) is 5.75 Å². The minimum absolute atomic E-state index is 0.126. The van der Waals surface area contributed by atoms with Crippen LogP contribution in [0.15, 0.2) is 54.6 Å². The zero-order chi connectivity index (χ0) is 17.8. The van der Waals surface area contributed by atoms with Gasteiger partial charge in [0.15, 0.2) is 0 Å². The van der Waals surface area contributed by atoms with Crippen LogP contribution in [0.5, 0.6) is 5.75 Å². The third-order valence-electron chi connectivity index (χ3n) is 5.09. The molecule has 1 N–H and O–H groups in total. The molecule has 2 aliphatic heterocycles. The molecule has 5 nitrogen and oxygen atoms in total. The zero-order valence-corrected chi connectivity index (χ0v) is 15.0. The monoisotopic (exact) mass is 354 g/mol. The average Bonchev–Trinajstić information content (AvgIpc) is 3.05. The molecule has 0 radical (unpaired) electrons. The van der Waals surface area contributed by atoms with Crippen LogP contribution in [-0.4, -0.2) is 60.4 Å². The van der Waals surface area contributed by atoms with Gasteiger partial charge in [0.05, 0.1) is 19.3 Å². The van der Waals surface area contributed by atoms with Gasteiger partial charge >= 0.3 is 0 Å². The Balaban J connectivity index is 1.51. The minimum Gasteiger partial charge on any atom is -0.508 e. The summed E-state index contributed by atoms with van der Waals surface area (Å²) in [6, 6.07) is 17.9. The quantitative estimate of drug-likeness (QED) is 0.894. The predicted molar refractivity (Wildman–Crippen MR) is 99.8 cm³/mol. The Morgan fingerprint density at radius 1 is 0.962 bits per heavy atom. The van der Waals surface area contributed by atoms with Gasteiger partial charge in [-0.25, -0.2) is 0 Å². The number of nitrogens with zero attached hydrogens (tertiary/aromatic N) is 2. The molecule has 2 aromatic rings. The molecule has 2 unspecified atom stereocenters. The molecule has 2 aliphatic rings. The van der Waals surface area contributed by atoms with E-state index in [4.69, 9.17) is 9.47 Å². The van der Waals surface area contributed by atoms with E-state index >= 15 is 0 Å². The van der Waals surface area contributed by atoms with Crippen LogP contribution in [-0.2, 0) is 16.0 Å². The smallest absolute Gasteiger partial charge is 0.141 e. The van der Waals surface area contributed by atoms with Crippen molar-refractivity contribution in [2.45, 2.75) is 18.9 Å². The highest BCUT2D eigenvalue weighted by Crippen LogP contribution is 2.36. The first-order chi connectivity index (χ1) is 12.8. The Morgan fingerprint density at radius 2 is 1.69 bits per heavy atom. The molecule has 4 rings (SSSR count). The van der Waals surface area contributed by atoms with Crippen LogP contribution in [0, 0.1) is 0 Å². The number of benzene rings is 2. The summed E-state index contributed by atoms with van der Waals surface area (Å²) in [7, 11) is 0. The number of phenols is 1. The second kappa shape index (κ2) is 8.18. The van der Waals surface area contributed by atoms with E-state index in [2.05, 4.69) is 34.1 Å². The van der Waals surface area contributed by atoms with Gasteiger partial charge in [0.1, 0.15) is 12.0 Å². The molecular weight excluding hydrogens is 328 g/mol. The summed E-state index contributed by atoms with van der Waals surface area (Å²) < 4.78 is 11.8. The van der Waals surface area contributed by atoms with E-state index in [9.17, 15) is 5.11 Å². The Kier molecular flexibility index (Phi) is 5.51. The van der Waals surface area contributed by atoms with Gasteiger partial charge in [-0.05, 0) is 11.6 Å². The van der Waals surface area contributed by atoms with Crippen LogP contribution in [0.25, 0.3) is 0 Å². The number of morpholine rings is 1. The summed E-state index contributed by atoms with van der Waals surface area (Å²) in [6.07, 6.45) is -0.0936. The van der Waals surface area contributed by atoms with Crippen LogP contribution in [0.1, 0.15) is 17.4 Å². The van der Waals surface area contributed by atoms with Crippen LogP contribution >= 0.6 is 0 Å². The van der Waals surface area contributed by atoms with Gasteiger partial charge in [0.2, 0.25) is 0 Å². The van der Waals surface area contributed by atoms with E-state index in [1.54, 1.807) is 6.07 Å². The first kappa shape index (κ1) is 17.5. The van der Waals surface area contributed by atoms with E-state index < -0.39 is 0 Å². The van der Waals surface area contributed by atoms with Gasteiger partial charge in [0, 0.05) is 38.3 Å². The molecule has 0 amide bonds. The Labute approximate surface area is 154 Å². The number of para-hydroxylation sites is 1. The third-order valence-corrected chi connectivity index (χ3v) is 5.09. The molecule has 0 aliphatic carbocycles. The highest BCUT2D eigenvalue weighted by molar-refractivity contribution is 5.34. The summed E-state index contributed by atoms with van der Waals surface area (Å²) in [5, 5.41) is 10.3. The lowest BCUT2D eigenvalue weighted by Gasteiger charge is -2.28. The van der Waals surface area contributed by atoms with Crippen molar-refractivity contribution in [3.63, 3.8) is 0 Å². The number of aromatic hydroxyl groups is 1. The molecule has 5 heteroatoms. The first-order valence-electron chi connectivity index (χ1n) is 9.31. The Morgan fingerprint density at radius 3 is 2.46 bits per heavy atom. The Hall–Kier alpha value is -1.92. The lowest BCUT2D eigenvalue weighted by molar-refractivity contribution is -0.0306. The summed E-state index contributed by atoms with van der Waals surface area (Å²) >= 11 is 0. The van der Waals surface area contributed by atoms with Gasteiger partial charge < -0.3 is 14.6 Å². The van der Waals surface area contributed by atoms with E-state index in [0.29, 0.717) is 5.75 Å². The molecule has 26 heavy (non-hydrogen) atoms. The number of phenolic OH excluding ortho intramolecular Hbond substituents is 1. The van der Waals surface area contributed by atoms with Crippen molar-refractivity contribution < 1.29 is 14.6 Å². The minimum atomic E-state index is -0.220. The van der Waals surface area contributed by atoms with Crippen LogP contribution in [0.2, 0.25) is 0 Å². The second-order valence-corrected chi connectivity index (χ2v) is 7.00. The average molecular weight is 354 g/mol. The maximum atomic E-state index is 10.3. The van der Waals surface area contributed by atoms with Gasteiger partial charge in [0.25, 0.3) is 0 Å². The number of hydrogen-bond acceptors (Lipinski definition) is 5. The molecule has 2 saturated heterocycles. The van der Waals surface area contributed by atoms with Crippen LogP contribution in [0.4, 0.5) is 0 Å². The summed E-state index contributed by atoms with van der Waals surface area (Å²) in [5.41, 5.74) is 2.09. The van der Waals surface area contributed by atoms with Crippen LogP contribution < -0.4 is 0 Å². The molecule has 0 spiro atoms. The molecule has 2 fully saturated rings. The SMILES string of the molecule is Oc1ccccc1C1OC(CN2CCOCC2)CN1Cc1ccccc1. The molecule has 0 aromatic heterocycles. The van der Waals surface area contributed by atoms with Crippen molar-refractivity contribution in [1.29, 1.82) is 0 Å². The predicted octanol–water partition coefficient (Wildman–Crippen LogP) is 2.62. The molecule has 2 heterocycles.